The summed E-state index contributed by atoms with van der Waals surface area (Å²) in [4.78, 5) is 2.57. The van der Waals surface area contributed by atoms with E-state index in [2.05, 4.69) is 254 Å². The average molecular weight is 847 g/mol. The maximum atomic E-state index is 2.57. The molecule has 0 amide bonds. The van der Waals surface area contributed by atoms with Crippen LogP contribution in [0.3, 0.4) is 0 Å². The third-order valence-electron chi connectivity index (χ3n) is 14.0. The molecule has 66 heavy (non-hydrogen) atoms. The molecule has 3 aliphatic carbocycles. The topological polar surface area (TPSA) is 8.17 Å². The van der Waals surface area contributed by atoms with Gasteiger partial charge in [-0.2, -0.15) is 0 Å². The zero-order valence-electron chi connectivity index (χ0n) is 37.4. The van der Waals surface area contributed by atoms with E-state index in [1.165, 1.54) is 104 Å². The van der Waals surface area contributed by atoms with E-state index in [1.54, 1.807) is 0 Å². The predicted octanol–water partition coefficient (Wildman–Crippen LogP) is 14.6. The van der Waals surface area contributed by atoms with Crippen LogP contribution in [0.25, 0.3) is 61.3 Å². The number of hydrogen-bond donors (Lipinski definition) is 0. The fourth-order valence-electron chi connectivity index (χ4n) is 11.0. The van der Waals surface area contributed by atoms with E-state index in [4.69, 9.17) is 0 Å². The number of nitrogens with zero attached hydrogens (tertiary/aromatic N) is 2. The van der Waals surface area contributed by atoms with Crippen molar-refractivity contribution in [3.63, 3.8) is 0 Å². The van der Waals surface area contributed by atoms with Gasteiger partial charge in [0, 0.05) is 28.5 Å². The van der Waals surface area contributed by atoms with Crippen molar-refractivity contribution in [2.24, 2.45) is 0 Å². The van der Waals surface area contributed by atoms with E-state index in [0.29, 0.717) is 0 Å². The molecule has 8 aromatic carbocycles. The van der Waals surface area contributed by atoms with Gasteiger partial charge in [-0.3, -0.25) is 0 Å². The third-order valence-corrected chi connectivity index (χ3v) is 14.0. The summed E-state index contributed by atoms with van der Waals surface area (Å²) in [6, 6.07) is 61.1. The summed E-state index contributed by atoms with van der Waals surface area (Å²) in [5, 5.41) is 8.84. The Morgan fingerprint density at radius 3 is 2.21 bits per heavy atom. The molecule has 0 radical (unpaired) electrons. The first-order valence-corrected chi connectivity index (χ1v) is 23.4. The minimum atomic E-state index is -0.130. The number of para-hydroxylation sites is 2. The number of anilines is 1. The first-order valence-electron chi connectivity index (χ1n) is 23.4. The van der Waals surface area contributed by atoms with Gasteiger partial charge in [0.25, 0.3) is 0 Å². The van der Waals surface area contributed by atoms with Gasteiger partial charge < -0.3 is 9.47 Å². The van der Waals surface area contributed by atoms with Crippen molar-refractivity contribution in [3.05, 3.63) is 274 Å². The van der Waals surface area contributed by atoms with Crippen molar-refractivity contribution < 1.29 is 0 Å². The highest BCUT2D eigenvalue weighted by Crippen LogP contribution is 2.47. The molecule has 9 aromatic rings. The highest BCUT2D eigenvalue weighted by atomic mass is 15.2. The molecule has 0 fully saturated rings. The minimum Gasteiger partial charge on any atom is -0.337 e. The van der Waals surface area contributed by atoms with E-state index in [9.17, 15) is 0 Å². The van der Waals surface area contributed by atoms with Gasteiger partial charge in [0.2, 0.25) is 0 Å². The predicted molar refractivity (Wildman–Crippen MR) is 280 cm³/mol. The summed E-state index contributed by atoms with van der Waals surface area (Å²) in [5.41, 5.74) is 16.4. The molecule has 0 spiro atoms. The number of aryl methyl sites for hydroxylation is 2. The van der Waals surface area contributed by atoms with Crippen LogP contribution in [0.15, 0.2) is 224 Å². The van der Waals surface area contributed by atoms with Gasteiger partial charge in [-0.1, -0.05) is 200 Å². The van der Waals surface area contributed by atoms with E-state index >= 15 is 0 Å². The Morgan fingerprint density at radius 1 is 0.576 bits per heavy atom. The van der Waals surface area contributed by atoms with Crippen LogP contribution >= 0.6 is 0 Å². The minimum absolute atomic E-state index is 0.0720. The van der Waals surface area contributed by atoms with Gasteiger partial charge in [-0.05, 0) is 139 Å². The number of fused-ring (bicyclic) bond motifs is 6. The second kappa shape index (κ2) is 16.6. The van der Waals surface area contributed by atoms with Crippen molar-refractivity contribution in [3.8, 4) is 11.1 Å². The average Bonchev–Trinajstić information content (AvgIpc) is 3.46. The van der Waals surface area contributed by atoms with Gasteiger partial charge in [-0.15, -0.1) is 0 Å². The molecule has 2 heteroatoms. The lowest BCUT2D eigenvalue weighted by atomic mass is 9.80. The Balaban J connectivity index is 1.10. The molecular weight excluding hydrogens is 797 g/mol. The standard InChI is InChI=1S/C64H50N2/c1-43-36-39-58-59(40-43)64(57-33-16-15-32-56(57)62(58)54-34-19-22-45-20-5-3-8-28-51(45)54)63-52-29-12-9-21-46(52)41-61(53-30-13-14-31-55(53)63)66(48-24-6-4-7-25-48)49-26-11-10-23-47(37-38-49)65-42-44(2)50-27-17-18-35-60(50)65/h3-10,12-27,29-42,47,61H,11,28H2,1-2H3/b23-10?,38-37-,49-26+. The van der Waals surface area contributed by atoms with E-state index < -0.39 is 0 Å². The molecule has 12 rings (SSSR count). The highest BCUT2D eigenvalue weighted by molar-refractivity contribution is 6.20. The van der Waals surface area contributed by atoms with Crippen molar-refractivity contribution in [1.29, 1.82) is 0 Å². The summed E-state index contributed by atoms with van der Waals surface area (Å²) < 4.78 is 2.42. The summed E-state index contributed by atoms with van der Waals surface area (Å²) >= 11 is 0. The van der Waals surface area contributed by atoms with Gasteiger partial charge >= 0.3 is 0 Å². The lowest BCUT2D eigenvalue weighted by Crippen LogP contribution is -2.30. The number of hydrogen-bond acceptors (Lipinski definition) is 1. The van der Waals surface area contributed by atoms with E-state index in [1.807, 2.05) is 0 Å². The van der Waals surface area contributed by atoms with Gasteiger partial charge in [0.1, 0.15) is 0 Å². The fourth-order valence-corrected chi connectivity index (χ4v) is 11.0. The van der Waals surface area contributed by atoms with Crippen LogP contribution in [0.5, 0.6) is 0 Å². The van der Waals surface area contributed by atoms with E-state index in [0.717, 1.165) is 18.5 Å². The Hall–Kier alpha value is -7.94. The molecule has 3 aliphatic rings. The molecule has 1 heterocycles. The quantitative estimate of drug-likeness (QED) is 0.120. The van der Waals surface area contributed by atoms with Crippen molar-refractivity contribution >= 4 is 55.9 Å². The summed E-state index contributed by atoms with van der Waals surface area (Å²) in [5.74, 6) is 0. The molecule has 0 aliphatic heterocycles. The fraction of sp³-hybridized carbons (Fsp3) is 0.0938. The first-order chi connectivity index (χ1) is 32.6. The summed E-state index contributed by atoms with van der Waals surface area (Å²) in [6.45, 7) is 4.45. The second-order valence-electron chi connectivity index (χ2n) is 18.0. The summed E-state index contributed by atoms with van der Waals surface area (Å²) in [6.07, 6.45) is 27.2. The zero-order chi connectivity index (χ0) is 44.1. The van der Waals surface area contributed by atoms with Crippen molar-refractivity contribution in [2.75, 3.05) is 4.90 Å². The monoisotopic (exact) mass is 846 g/mol. The highest BCUT2D eigenvalue weighted by Gasteiger charge is 2.30. The maximum absolute atomic E-state index is 2.57. The second-order valence-corrected chi connectivity index (χ2v) is 18.0. The molecule has 0 bridgehead atoms. The zero-order valence-corrected chi connectivity index (χ0v) is 37.4. The number of benzene rings is 8. The molecule has 316 valence electrons. The Bertz CT molecular complexity index is 3680. The smallest absolute Gasteiger partial charge is 0.0790 e. The normalized spacial score (nSPS) is 17.7. The molecule has 0 N–H and O–H groups in total. The number of aromatic nitrogens is 1. The van der Waals surface area contributed by atoms with Crippen molar-refractivity contribution in [1.82, 2.24) is 4.57 Å². The van der Waals surface area contributed by atoms with Gasteiger partial charge in [0.05, 0.1) is 12.1 Å². The van der Waals surface area contributed by atoms with Crippen LogP contribution in [-0.2, 0) is 6.42 Å². The molecule has 0 saturated carbocycles. The van der Waals surface area contributed by atoms with E-state index in [-0.39, 0.29) is 12.1 Å². The van der Waals surface area contributed by atoms with Gasteiger partial charge in [-0.25, -0.2) is 0 Å². The third kappa shape index (κ3) is 6.72. The van der Waals surface area contributed by atoms with Crippen LogP contribution in [0, 0.1) is 13.8 Å². The molecule has 2 unspecified atom stereocenters. The summed E-state index contributed by atoms with van der Waals surface area (Å²) in [7, 11) is 0. The van der Waals surface area contributed by atoms with Crippen LogP contribution in [0.4, 0.5) is 5.69 Å². The maximum Gasteiger partial charge on any atom is 0.0790 e. The Labute approximate surface area is 387 Å². The van der Waals surface area contributed by atoms with Crippen LogP contribution < -0.4 is 15.3 Å². The van der Waals surface area contributed by atoms with Crippen LogP contribution in [-0.4, -0.2) is 4.57 Å². The largest absolute Gasteiger partial charge is 0.337 e. The lowest BCUT2D eigenvalue weighted by molar-refractivity contribution is 0.745. The SMILES string of the molecule is Cc1ccc2c(-c3cccc4c3CC=CC=C4)c3ccccc3c(C3=c4ccccc4=CC(N(C4=C/CC=CC(n5cc(C)c6ccccc65)/C=C\4)c4ccccc4)c4ccccc43)c2c1. The van der Waals surface area contributed by atoms with Crippen LogP contribution in [0.2, 0.25) is 0 Å². The first kappa shape index (κ1) is 39.6. The number of rotatable bonds is 6. The lowest BCUT2D eigenvalue weighted by Gasteiger charge is -2.35. The molecule has 1 aromatic heterocycles. The molecular formula is C64H50N2. The molecule has 2 atom stereocenters. The molecule has 2 nitrogen and oxygen atoms in total. The molecule has 0 saturated heterocycles. The van der Waals surface area contributed by atoms with Crippen molar-refractivity contribution in [2.45, 2.75) is 38.8 Å². The number of allylic oxidation sites excluding steroid dienone is 8. The Kier molecular flexibility index (Phi) is 9.95. The van der Waals surface area contributed by atoms with Crippen LogP contribution in [0.1, 0.15) is 57.4 Å². The van der Waals surface area contributed by atoms with Gasteiger partial charge in [0.15, 0.2) is 0 Å². The Morgan fingerprint density at radius 2 is 1.32 bits per heavy atom.